The molecule has 0 aliphatic carbocycles. The second kappa shape index (κ2) is 3.44. The molecule has 4 heteroatoms. The zero-order valence-electron chi connectivity index (χ0n) is 7.76. The number of hydrogen-bond donors (Lipinski definition) is 0. The molecule has 0 spiro atoms. The Bertz CT molecular complexity index is 228. The number of carbonyl (C=O) groups is 1. The van der Waals surface area contributed by atoms with Crippen molar-refractivity contribution in [1.82, 2.24) is 4.90 Å². The fourth-order valence-corrected chi connectivity index (χ4v) is 1.05. The molecule has 0 aromatic heterocycles. The van der Waals surface area contributed by atoms with Crippen LogP contribution in [-0.4, -0.2) is 29.8 Å². The largest absolute Gasteiger partial charge is 0.327 e. The van der Waals surface area contributed by atoms with Crippen molar-refractivity contribution in [2.45, 2.75) is 19.8 Å². The van der Waals surface area contributed by atoms with Crippen LogP contribution < -0.4 is 0 Å². The van der Waals surface area contributed by atoms with Crippen molar-refractivity contribution in [3.05, 3.63) is 12.2 Å². The van der Waals surface area contributed by atoms with Crippen molar-refractivity contribution in [2.75, 3.05) is 13.1 Å². The van der Waals surface area contributed by atoms with Crippen LogP contribution >= 0.6 is 0 Å². The van der Waals surface area contributed by atoms with Gasteiger partial charge >= 0.3 is 0 Å². The molecule has 0 radical (unpaired) electrons. The maximum absolute atomic E-state index is 12.3. The van der Waals surface area contributed by atoms with E-state index in [1.54, 1.807) is 6.08 Å². The molecule has 1 fully saturated rings. The highest BCUT2D eigenvalue weighted by atomic mass is 19.3. The second-order valence-corrected chi connectivity index (χ2v) is 3.65. The lowest BCUT2D eigenvalue weighted by Gasteiger charge is -2.37. The van der Waals surface area contributed by atoms with Gasteiger partial charge in [-0.3, -0.25) is 4.79 Å². The molecular weight excluding hydrogens is 176 g/mol. The van der Waals surface area contributed by atoms with Gasteiger partial charge in [0.1, 0.15) is 0 Å². The summed E-state index contributed by atoms with van der Waals surface area (Å²) in [5.74, 6) is -2.72. The quantitative estimate of drug-likeness (QED) is 0.605. The van der Waals surface area contributed by atoms with Crippen LogP contribution in [0.5, 0.6) is 0 Å². The molecule has 74 valence electrons. The van der Waals surface area contributed by atoms with E-state index in [0.29, 0.717) is 0 Å². The number of allylic oxidation sites excluding steroid dienone is 1. The normalized spacial score (nSPS) is 20.8. The van der Waals surface area contributed by atoms with Crippen molar-refractivity contribution in [2.24, 2.45) is 5.92 Å². The molecular formula is C9H13F2NO. The third kappa shape index (κ3) is 2.79. The Balaban J connectivity index is 2.35. The number of amides is 1. The number of hydrogen-bond acceptors (Lipinski definition) is 1. The van der Waals surface area contributed by atoms with Crippen LogP contribution in [0.1, 0.15) is 13.8 Å². The van der Waals surface area contributed by atoms with Gasteiger partial charge in [0, 0.05) is 0 Å². The van der Waals surface area contributed by atoms with E-state index < -0.39 is 19.0 Å². The number of likely N-dealkylation sites (tertiary alicyclic amines) is 1. The third-order valence-corrected chi connectivity index (χ3v) is 1.78. The van der Waals surface area contributed by atoms with E-state index in [0.717, 1.165) is 4.90 Å². The SMILES string of the molecule is CC(C)/C=C\C(=O)N1CC(F)(F)C1. The van der Waals surface area contributed by atoms with Crippen LogP contribution in [0.25, 0.3) is 0 Å². The first-order chi connectivity index (χ1) is 5.91. The van der Waals surface area contributed by atoms with Gasteiger partial charge in [-0.25, -0.2) is 8.78 Å². The Morgan fingerprint density at radius 2 is 2.00 bits per heavy atom. The molecule has 1 saturated heterocycles. The molecule has 13 heavy (non-hydrogen) atoms. The van der Waals surface area contributed by atoms with Crippen LogP contribution in [0, 0.1) is 5.92 Å². The third-order valence-electron chi connectivity index (χ3n) is 1.78. The number of carbonyl (C=O) groups excluding carboxylic acids is 1. The average molecular weight is 189 g/mol. The topological polar surface area (TPSA) is 20.3 Å². The molecule has 0 aromatic carbocycles. The van der Waals surface area contributed by atoms with Gasteiger partial charge in [0.2, 0.25) is 5.91 Å². The Labute approximate surface area is 76.2 Å². The minimum atomic E-state index is -2.67. The highest BCUT2D eigenvalue weighted by molar-refractivity contribution is 5.88. The molecule has 1 rings (SSSR count). The molecule has 1 aliphatic rings. The van der Waals surface area contributed by atoms with Crippen LogP contribution in [0.15, 0.2) is 12.2 Å². The van der Waals surface area contributed by atoms with Gasteiger partial charge in [-0.05, 0) is 12.0 Å². The van der Waals surface area contributed by atoms with E-state index in [1.165, 1.54) is 6.08 Å². The molecule has 0 bridgehead atoms. The van der Waals surface area contributed by atoms with Gasteiger partial charge in [-0.1, -0.05) is 19.9 Å². The number of alkyl halides is 2. The lowest BCUT2D eigenvalue weighted by molar-refractivity contribution is -0.160. The van der Waals surface area contributed by atoms with E-state index in [1.807, 2.05) is 13.8 Å². The first kappa shape index (κ1) is 10.2. The minimum absolute atomic E-state index is 0.269. The summed E-state index contributed by atoms with van der Waals surface area (Å²) < 4.78 is 24.7. The molecule has 1 amide bonds. The fourth-order valence-electron chi connectivity index (χ4n) is 1.05. The number of rotatable bonds is 2. The smallest absolute Gasteiger partial charge is 0.282 e. The highest BCUT2D eigenvalue weighted by Crippen LogP contribution is 2.26. The lowest BCUT2D eigenvalue weighted by atomic mass is 10.1. The highest BCUT2D eigenvalue weighted by Gasteiger charge is 2.45. The Hall–Kier alpha value is -0.930. The molecule has 2 nitrogen and oxygen atoms in total. The Morgan fingerprint density at radius 1 is 1.46 bits per heavy atom. The number of halogens is 2. The van der Waals surface area contributed by atoms with E-state index >= 15 is 0 Å². The molecule has 0 atom stereocenters. The van der Waals surface area contributed by atoms with Crippen molar-refractivity contribution < 1.29 is 13.6 Å². The first-order valence-corrected chi connectivity index (χ1v) is 4.26. The summed E-state index contributed by atoms with van der Waals surface area (Å²) in [5, 5.41) is 0. The summed E-state index contributed by atoms with van der Waals surface area (Å²) in [4.78, 5) is 12.3. The summed E-state index contributed by atoms with van der Waals surface area (Å²) in [5.41, 5.74) is 0. The van der Waals surface area contributed by atoms with Crippen molar-refractivity contribution >= 4 is 5.91 Å². The van der Waals surface area contributed by atoms with Gasteiger partial charge in [0.25, 0.3) is 5.92 Å². The predicted molar refractivity (Wildman–Crippen MR) is 45.5 cm³/mol. The van der Waals surface area contributed by atoms with Gasteiger partial charge in [0.05, 0.1) is 13.1 Å². The average Bonchev–Trinajstić information content (AvgIpc) is 1.95. The maximum Gasteiger partial charge on any atom is 0.282 e. The van der Waals surface area contributed by atoms with Crippen LogP contribution in [-0.2, 0) is 4.79 Å². The van der Waals surface area contributed by atoms with Gasteiger partial charge in [-0.2, -0.15) is 0 Å². The maximum atomic E-state index is 12.3. The minimum Gasteiger partial charge on any atom is -0.327 e. The Morgan fingerprint density at radius 3 is 2.38 bits per heavy atom. The number of nitrogens with zero attached hydrogens (tertiary/aromatic N) is 1. The molecule has 1 heterocycles. The van der Waals surface area contributed by atoms with Crippen LogP contribution in [0.2, 0.25) is 0 Å². The molecule has 1 aliphatic heterocycles. The van der Waals surface area contributed by atoms with Crippen LogP contribution in [0.4, 0.5) is 8.78 Å². The summed E-state index contributed by atoms with van der Waals surface area (Å²) in [6, 6.07) is 0. The van der Waals surface area contributed by atoms with Gasteiger partial charge in [0.15, 0.2) is 0 Å². The lowest BCUT2D eigenvalue weighted by Crippen LogP contribution is -2.58. The molecule has 0 saturated carbocycles. The van der Waals surface area contributed by atoms with E-state index in [9.17, 15) is 13.6 Å². The van der Waals surface area contributed by atoms with Crippen molar-refractivity contribution in [3.63, 3.8) is 0 Å². The van der Waals surface area contributed by atoms with E-state index in [-0.39, 0.29) is 11.8 Å². The molecule has 0 unspecified atom stereocenters. The molecule has 0 N–H and O–H groups in total. The fraction of sp³-hybridized carbons (Fsp3) is 0.667. The van der Waals surface area contributed by atoms with Crippen molar-refractivity contribution in [1.29, 1.82) is 0 Å². The summed E-state index contributed by atoms with van der Waals surface area (Å²) in [6.07, 6.45) is 3.07. The van der Waals surface area contributed by atoms with Crippen molar-refractivity contribution in [3.8, 4) is 0 Å². The summed E-state index contributed by atoms with van der Waals surface area (Å²) >= 11 is 0. The zero-order chi connectivity index (χ0) is 10.1. The first-order valence-electron chi connectivity index (χ1n) is 4.26. The summed E-state index contributed by atoms with van der Waals surface area (Å²) in [7, 11) is 0. The standard InChI is InChI=1S/C9H13F2NO/c1-7(2)3-4-8(13)12-5-9(10,11)6-12/h3-4,7H,5-6H2,1-2H3/b4-3-. The van der Waals surface area contributed by atoms with E-state index in [4.69, 9.17) is 0 Å². The van der Waals surface area contributed by atoms with Gasteiger partial charge < -0.3 is 4.90 Å². The summed E-state index contributed by atoms with van der Waals surface area (Å²) in [6.45, 7) is 2.98. The zero-order valence-corrected chi connectivity index (χ0v) is 7.76. The van der Waals surface area contributed by atoms with Crippen LogP contribution in [0.3, 0.4) is 0 Å². The van der Waals surface area contributed by atoms with Gasteiger partial charge in [-0.15, -0.1) is 0 Å². The molecule has 0 aromatic rings. The second-order valence-electron chi connectivity index (χ2n) is 3.65. The van der Waals surface area contributed by atoms with E-state index in [2.05, 4.69) is 0 Å². The predicted octanol–water partition coefficient (Wildman–Crippen LogP) is 1.68. The Kier molecular flexibility index (Phi) is 2.68. The monoisotopic (exact) mass is 189 g/mol.